The molecule has 1 saturated heterocycles. The molecule has 140 valence electrons. The molecule has 7 heteroatoms. The number of pyridine rings is 1. The van der Waals surface area contributed by atoms with Crippen LogP contribution in [0, 0.1) is 5.82 Å². The minimum absolute atomic E-state index is 0.302. The van der Waals surface area contributed by atoms with E-state index in [1.807, 2.05) is 22.5 Å². The lowest BCUT2D eigenvalue weighted by atomic mass is 10.0. The van der Waals surface area contributed by atoms with Crippen LogP contribution < -0.4 is 4.90 Å². The predicted octanol–water partition coefficient (Wildman–Crippen LogP) is 3.08. The van der Waals surface area contributed by atoms with Crippen molar-refractivity contribution in [3.05, 3.63) is 76.3 Å². The van der Waals surface area contributed by atoms with Crippen molar-refractivity contribution in [1.29, 1.82) is 0 Å². The highest BCUT2D eigenvalue weighted by Gasteiger charge is 2.26. The minimum atomic E-state index is -0.913. The molecule has 2 aromatic heterocycles. The maximum atomic E-state index is 14.7. The standard InChI is InChI=1S/C20H21FN4OS/c21-17-5-1-4-16(19(26)20-23-7-12-27-20)18(17)25-10-8-24(9-11-25)14-15-3-2-6-22-13-15/h1-7,12-13,19,26H,8-11,14H2. The predicted molar refractivity (Wildman–Crippen MR) is 104 cm³/mol. The largest absolute Gasteiger partial charge is 0.381 e. The molecule has 27 heavy (non-hydrogen) atoms. The van der Waals surface area contributed by atoms with E-state index in [4.69, 9.17) is 0 Å². The smallest absolute Gasteiger partial charge is 0.146 e. The monoisotopic (exact) mass is 384 g/mol. The summed E-state index contributed by atoms with van der Waals surface area (Å²) >= 11 is 1.37. The zero-order valence-electron chi connectivity index (χ0n) is 14.8. The number of thiazole rings is 1. The molecule has 0 spiro atoms. The van der Waals surface area contributed by atoms with Crippen molar-refractivity contribution in [2.24, 2.45) is 0 Å². The van der Waals surface area contributed by atoms with Crippen LogP contribution in [0.25, 0.3) is 0 Å². The molecule has 3 heterocycles. The third-order valence-corrected chi connectivity index (χ3v) is 5.64. The van der Waals surface area contributed by atoms with Crippen molar-refractivity contribution >= 4 is 17.0 Å². The third kappa shape index (κ3) is 4.00. The number of para-hydroxylation sites is 1. The summed E-state index contributed by atoms with van der Waals surface area (Å²) in [6, 6.07) is 8.89. The Hall–Kier alpha value is -2.35. The van der Waals surface area contributed by atoms with Gasteiger partial charge < -0.3 is 10.0 Å². The first-order chi connectivity index (χ1) is 13.2. The zero-order chi connectivity index (χ0) is 18.6. The number of aliphatic hydroxyl groups is 1. The van der Waals surface area contributed by atoms with E-state index in [2.05, 4.69) is 20.9 Å². The van der Waals surface area contributed by atoms with Gasteiger partial charge in [-0.25, -0.2) is 9.37 Å². The first-order valence-electron chi connectivity index (χ1n) is 8.94. The summed E-state index contributed by atoms with van der Waals surface area (Å²) in [4.78, 5) is 12.7. The zero-order valence-corrected chi connectivity index (χ0v) is 15.6. The molecular formula is C20H21FN4OS. The van der Waals surface area contributed by atoms with Gasteiger partial charge in [-0.05, 0) is 17.7 Å². The van der Waals surface area contributed by atoms with Crippen LogP contribution in [0.5, 0.6) is 0 Å². The Morgan fingerprint density at radius 1 is 1.11 bits per heavy atom. The van der Waals surface area contributed by atoms with Gasteiger partial charge in [0.15, 0.2) is 0 Å². The molecule has 1 aliphatic heterocycles. The first-order valence-corrected chi connectivity index (χ1v) is 9.82. The summed E-state index contributed by atoms with van der Waals surface area (Å²) in [5.41, 5.74) is 2.24. The van der Waals surface area contributed by atoms with Crippen LogP contribution in [0.4, 0.5) is 10.1 Å². The number of nitrogens with zero attached hydrogens (tertiary/aromatic N) is 4. The lowest BCUT2D eigenvalue weighted by Crippen LogP contribution is -2.46. The summed E-state index contributed by atoms with van der Waals surface area (Å²) in [5.74, 6) is -0.302. The Kier molecular flexibility index (Phi) is 5.42. The number of aliphatic hydroxyl groups excluding tert-OH is 1. The molecule has 0 aliphatic carbocycles. The Balaban J connectivity index is 1.50. The second kappa shape index (κ2) is 8.12. The van der Waals surface area contributed by atoms with Crippen molar-refractivity contribution < 1.29 is 9.50 Å². The van der Waals surface area contributed by atoms with Crippen molar-refractivity contribution in [3.8, 4) is 0 Å². The number of hydrogen-bond donors (Lipinski definition) is 1. The van der Waals surface area contributed by atoms with E-state index in [1.54, 1.807) is 24.5 Å². The fourth-order valence-corrected chi connectivity index (χ4v) is 4.11. The second-order valence-electron chi connectivity index (χ2n) is 6.58. The normalized spacial score (nSPS) is 16.4. The lowest BCUT2D eigenvalue weighted by molar-refractivity contribution is 0.218. The van der Waals surface area contributed by atoms with Gasteiger partial charge in [-0.1, -0.05) is 18.2 Å². The van der Waals surface area contributed by atoms with Gasteiger partial charge in [0.25, 0.3) is 0 Å². The molecule has 0 amide bonds. The topological polar surface area (TPSA) is 52.5 Å². The van der Waals surface area contributed by atoms with E-state index >= 15 is 0 Å². The second-order valence-corrected chi connectivity index (χ2v) is 7.50. The minimum Gasteiger partial charge on any atom is -0.381 e. The molecular weight excluding hydrogens is 363 g/mol. The summed E-state index contributed by atoms with van der Waals surface area (Å²) in [6.45, 7) is 3.91. The van der Waals surface area contributed by atoms with Gasteiger partial charge in [-0.2, -0.15) is 0 Å². The molecule has 4 rings (SSSR count). The van der Waals surface area contributed by atoms with Crippen LogP contribution in [0.15, 0.2) is 54.3 Å². The van der Waals surface area contributed by atoms with Crippen LogP contribution in [-0.2, 0) is 6.54 Å². The van der Waals surface area contributed by atoms with Crippen LogP contribution in [0.2, 0.25) is 0 Å². The number of benzene rings is 1. The maximum Gasteiger partial charge on any atom is 0.146 e. The molecule has 1 N–H and O–H groups in total. The molecule has 1 fully saturated rings. The molecule has 3 aromatic rings. The summed E-state index contributed by atoms with van der Waals surface area (Å²) in [6.07, 6.45) is 4.39. The lowest BCUT2D eigenvalue weighted by Gasteiger charge is -2.37. The maximum absolute atomic E-state index is 14.7. The number of aromatic nitrogens is 2. The van der Waals surface area contributed by atoms with Crippen LogP contribution in [-0.4, -0.2) is 46.2 Å². The average molecular weight is 384 g/mol. The van der Waals surface area contributed by atoms with E-state index in [-0.39, 0.29) is 5.82 Å². The van der Waals surface area contributed by atoms with Gasteiger partial charge in [0.1, 0.15) is 16.9 Å². The molecule has 5 nitrogen and oxygen atoms in total. The van der Waals surface area contributed by atoms with Crippen molar-refractivity contribution in [3.63, 3.8) is 0 Å². The summed E-state index contributed by atoms with van der Waals surface area (Å²) < 4.78 is 14.7. The molecule has 0 bridgehead atoms. The molecule has 1 unspecified atom stereocenters. The van der Waals surface area contributed by atoms with Gasteiger partial charge in [0, 0.05) is 62.3 Å². The van der Waals surface area contributed by atoms with E-state index in [0.29, 0.717) is 29.3 Å². The Morgan fingerprint density at radius 2 is 1.96 bits per heavy atom. The van der Waals surface area contributed by atoms with Crippen molar-refractivity contribution in [2.45, 2.75) is 12.6 Å². The number of rotatable bonds is 5. The molecule has 1 aliphatic rings. The number of halogens is 1. The molecule has 0 saturated carbocycles. The summed E-state index contributed by atoms with van der Waals surface area (Å²) in [5, 5.41) is 13.1. The highest BCUT2D eigenvalue weighted by molar-refractivity contribution is 7.09. The van der Waals surface area contributed by atoms with E-state index < -0.39 is 6.10 Å². The van der Waals surface area contributed by atoms with Crippen LogP contribution in [0.1, 0.15) is 22.2 Å². The van der Waals surface area contributed by atoms with E-state index in [1.165, 1.54) is 23.0 Å². The Bertz CT molecular complexity index is 867. The van der Waals surface area contributed by atoms with Gasteiger partial charge >= 0.3 is 0 Å². The fraction of sp³-hybridized carbons (Fsp3) is 0.300. The quantitative estimate of drug-likeness (QED) is 0.733. The van der Waals surface area contributed by atoms with Crippen LogP contribution in [0.3, 0.4) is 0 Å². The Morgan fingerprint density at radius 3 is 2.67 bits per heavy atom. The number of anilines is 1. The van der Waals surface area contributed by atoms with E-state index in [0.717, 1.165) is 19.6 Å². The van der Waals surface area contributed by atoms with Crippen molar-refractivity contribution in [2.75, 3.05) is 31.1 Å². The molecule has 1 atom stereocenters. The van der Waals surface area contributed by atoms with Gasteiger partial charge in [0.05, 0.1) is 5.69 Å². The van der Waals surface area contributed by atoms with Crippen LogP contribution >= 0.6 is 11.3 Å². The Labute approximate surface area is 161 Å². The molecule has 0 radical (unpaired) electrons. The highest BCUT2D eigenvalue weighted by atomic mass is 32.1. The van der Waals surface area contributed by atoms with Gasteiger partial charge in [-0.3, -0.25) is 9.88 Å². The molecule has 1 aromatic carbocycles. The average Bonchev–Trinajstić information content (AvgIpc) is 3.24. The van der Waals surface area contributed by atoms with Gasteiger partial charge in [-0.15, -0.1) is 11.3 Å². The summed E-state index contributed by atoms with van der Waals surface area (Å²) in [7, 11) is 0. The first kappa shape index (κ1) is 18.0. The van der Waals surface area contributed by atoms with E-state index in [9.17, 15) is 9.50 Å². The third-order valence-electron chi connectivity index (χ3n) is 4.82. The van der Waals surface area contributed by atoms with Gasteiger partial charge in [0.2, 0.25) is 0 Å². The number of piperazine rings is 1. The van der Waals surface area contributed by atoms with Crippen molar-refractivity contribution in [1.82, 2.24) is 14.9 Å². The highest BCUT2D eigenvalue weighted by Crippen LogP contribution is 2.34. The SMILES string of the molecule is OC(c1nccs1)c1cccc(F)c1N1CCN(Cc2cccnc2)CC1. The fourth-order valence-electron chi connectivity index (χ4n) is 3.47. The number of hydrogen-bond acceptors (Lipinski definition) is 6.